The molecular weight excluding hydrogens is 478 g/mol. The van der Waals surface area contributed by atoms with E-state index in [-0.39, 0.29) is 22.5 Å². The Kier molecular flexibility index (Phi) is 7.62. The lowest BCUT2D eigenvalue weighted by atomic mass is 9.79. The third-order valence-electron chi connectivity index (χ3n) is 5.63. The van der Waals surface area contributed by atoms with Crippen LogP contribution in [0.3, 0.4) is 0 Å². The van der Waals surface area contributed by atoms with Crippen LogP contribution in [0.2, 0.25) is 0 Å². The fourth-order valence-electron chi connectivity index (χ4n) is 3.02. The van der Waals surface area contributed by atoms with E-state index in [1.807, 2.05) is 12.1 Å². The van der Waals surface area contributed by atoms with Crippen LogP contribution in [0, 0.1) is 11.6 Å². The van der Waals surface area contributed by atoms with Crippen molar-refractivity contribution in [3.05, 3.63) is 68.1 Å². The quantitative estimate of drug-likeness (QED) is 0.361. The van der Waals surface area contributed by atoms with Crippen LogP contribution in [0.5, 0.6) is 0 Å². The Labute approximate surface area is 177 Å². The number of hydrogen-bond acceptors (Lipinski definition) is 1. The average Bonchev–Trinajstić information content (AvgIpc) is 2.65. The molecule has 0 saturated carbocycles. The minimum Gasteiger partial charge on any atom is -0.380 e. The van der Waals surface area contributed by atoms with Gasteiger partial charge in [0.25, 0.3) is 0 Å². The lowest BCUT2D eigenvalue weighted by Gasteiger charge is -2.33. The van der Waals surface area contributed by atoms with E-state index in [0.29, 0.717) is 22.2 Å². The van der Waals surface area contributed by atoms with Crippen LogP contribution in [0.25, 0.3) is 0 Å². The zero-order valence-electron chi connectivity index (χ0n) is 16.2. The summed E-state index contributed by atoms with van der Waals surface area (Å²) in [6.07, 6.45) is 1.65. The van der Waals surface area contributed by atoms with E-state index >= 15 is 0 Å². The number of ether oxygens (including phenoxy) is 1. The molecule has 0 fully saturated rings. The normalized spacial score (nSPS) is 16.0. The highest BCUT2D eigenvalue weighted by atomic mass is 79.9. The molecule has 0 spiro atoms. The molecule has 2 rings (SSSR count). The van der Waals surface area contributed by atoms with E-state index in [1.54, 1.807) is 24.3 Å². The summed E-state index contributed by atoms with van der Waals surface area (Å²) in [5.74, 6) is -0.535. The molecule has 0 aliphatic rings. The summed E-state index contributed by atoms with van der Waals surface area (Å²) in [4.78, 5) is 0. The topological polar surface area (TPSA) is 9.23 Å². The maximum absolute atomic E-state index is 14.0. The molecule has 0 aliphatic heterocycles. The van der Waals surface area contributed by atoms with Crippen LogP contribution in [0.4, 0.5) is 8.78 Å². The van der Waals surface area contributed by atoms with E-state index in [1.165, 1.54) is 0 Å². The van der Waals surface area contributed by atoms with E-state index in [2.05, 4.69) is 59.6 Å². The Hall–Kier alpha value is -0.780. The molecule has 0 aromatic heterocycles. The zero-order valence-corrected chi connectivity index (χ0v) is 19.4. The van der Waals surface area contributed by atoms with Crippen LogP contribution in [-0.4, -0.2) is 13.2 Å². The maximum Gasteiger partial charge on any atom is 0.137 e. The smallest absolute Gasteiger partial charge is 0.137 e. The highest BCUT2D eigenvalue weighted by Gasteiger charge is 2.30. The molecule has 5 heteroatoms. The summed E-state index contributed by atoms with van der Waals surface area (Å²) in [7, 11) is 0. The summed E-state index contributed by atoms with van der Waals surface area (Å²) < 4.78 is 35.0. The fraction of sp³-hybridized carbons (Fsp3) is 0.455. The molecule has 2 unspecified atom stereocenters. The van der Waals surface area contributed by atoms with E-state index < -0.39 is 0 Å². The first-order valence-electron chi connectivity index (χ1n) is 9.14. The number of rotatable bonds is 8. The van der Waals surface area contributed by atoms with Crippen molar-refractivity contribution in [2.75, 3.05) is 13.2 Å². The van der Waals surface area contributed by atoms with Crippen molar-refractivity contribution in [1.82, 2.24) is 0 Å². The van der Waals surface area contributed by atoms with E-state index in [4.69, 9.17) is 4.74 Å². The second kappa shape index (κ2) is 9.15. The van der Waals surface area contributed by atoms with Gasteiger partial charge in [-0.1, -0.05) is 39.8 Å². The molecule has 2 aromatic carbocycles. The first-order chi connectivity index (χ1) is 12.6. The average molecular weight is 504 g/mol. The van der Waals surface area contributed by atoms with Gasteiger partial charge in [0.2, 0.25) is 0 Å². The molecule has 0 N–H and O–H groups in total. The molecule has 0 heterocycles. The predicted molar refractivity (Wildman–Crippen MR) is 114 cm³/mol. The largest absolute Gasteiger partial charge is 0.380 e. The Balaban J connectivity index is 2.14. The van der Waals surface area contributed by atoms with Crippen molar-refractivity contribution in [3.8, 4) is 0 Å². The maximum atomic E-state index is 14.0. The van der Waals surface area contributed by atoms with Crippen LogP contribution >= 0.6 is 31.9 Å². The van der Waals surface area contributed by atoms with Crippen molar-refractivity contribution >= 4 is 31.9 Å². The molecule has 148 valence electrons. The second-order valence-corrected chi connectivity index (χ2v) is 9.29. The van der Waals surface area contributed by atoms with Gasteiger partial charge in [-0.3, -0.25) is 0 Å². The zero-order chi connectivity index (χ0) is 20.2. The number of halogens is 4. The van der Waals surface area contributed by atoms with Gasteiger partial charge in [0, 0.05) is 10.8 Å². The SMILES string of the molecule is CCC(C)(COCC(C)(CC)c1ccc(Br)c(F)c1)c1ccc(Br)c(F)c1. The number of hydrogen-bond donors (Lipinski definition) is 0. The standard InChI is InChI=1S/C22H26Br2F2O/c1-5-21(3,15-7-9-17(23)19(25)11-15)13-27-14-22(4,6-2)16-8-10-18(24)20(26)12-16/h7-12H,5-6,13-14H2,1-4H3. The molecule has 2 atom stereocenters. The summed E-state index contributed by atoms with van der Waals surface area (Å²) in [5, 5.41) is 0. The first kappa shape index (κ1) is 22.5. The van der Waals surface area contributed by atoms with Gasteiger partial charge in [-0.15, -0.1) is 0 Å². The van der Waals surface area contributed by atoms with Crippen LogP contribution < -0.4 is 0 Å². The van der Waals surface area contributed by atoms with Crippen molar-refractivity contribution < 1.29 is 13.5 Å². The van der Waals surface area contributed by atoms with Gasteiger partial charge in [0.15, 0.2) is 0 Å². The molecule has 0 aliphatic carbocycles. The molecule has 2 aromatic rings. The molecule has 0 saturated heterocycles. The summed E-state index contributed by atoms with van der Waals surface area (Å²) >= 11 is 6.41. The van der Waals surface area contributed by atoms with Gasteiger partial charge in [-0.2, -0.15) is 0 Å². The summed E-state index contributed by atoms with van der Waals surface area (Å²) in [6, 6.07) is 10.5. The van der Waals surface area contributed by atoms with Gasteiger partial charge in [0.05, 0.1) is 22.2 Å². The highest BCUT2D eigenvalue weighted by molar-refractivity contribution is 9.10. The fourth-order valence-corrected chi connectivity index (χ4v) is 3.52. The van der Waals surface area contributed by atoms with Crippen molar-refractivity contribution in [3.63, 3.8) is 0 Å². The third-order valence-corrected chi connectivity index (χ3v) is 6.92. The van der Waals surface area contributed by atoms with Gasteiger partial charge >= 0.3 is 0 Å². The predicted octanol–water partition coefficient (Wildman–Crippen LogP) is 7.54. The minimum absolute atomic E-state index is 0.268. The number of benzene rings is 2. The van der Waals surface area contributed by atoms with Gasteiger partial charge in [0.1, 0.15) is 11.6 Å². The van der Waals surface area contributed by atoms with Crippen LogP contribution in [0.15, 0.2) is 45.3 Å². The highest BCUT2D eigenvalue weighted by Crippen LogP contribution is 2.33. The lowest BCUT2D eigenvalue weighted by Crippen LogP contribution is -2.33. The van der Waals surface area contributed by atoms with Crippen molar-refractivity contribution in [2.45, 2.75) is 51.4 Å². The van der Waals surface area contributed by atoms with E-state index in [0.717, 1.165) is 24.0 Å². The van der Waals surface area contributed by atoms with Gasteiger partial charge in [-0.25, -0.2) is 8.78 Å². The molecular formula is C22H26Br2F2O. The molecule has 0 amide bonds. The first-order valence-corrected chi connectivity index (χ1v) is 10.7. The minimum atomic E-state index is -0.291. The van der Waals surface area contributed by atoms with Crippen LogP contribution in [0.1, 0.15) is 51.7 Å². The third kappa shape index (κ3) is 5.18. The molecule has 0 bridgehead atoms. The summed E-state index contributed by atoms with van der Waals surface area (Å²) in [5.41, 5.74) is 1.25. The molecule has 0 radical (unpaired) electrons. The second-order valence-electron chi connectivity index (χ2n) is 7.58. The Bertz CT molecular complexity index is 730. The van der Waals surface area contributed by atoms with Gasteiger partial charge in [-0.05, 0) is 80.1 Å². The Morgan fingerprint density at radius 3 is 1.44 bits per heavy atom. The Morgan fingerprint density at radius 1 is 0.778 bits per heavy atom. The molecule has 1 nitrogen and oxygen atoms in total. The summed E-state index contributed by atoms with van der Waals surface area (Å²) in [6.45, 7) is 9.26. The van der Waals surface area contributed by atoms with Crippen LogP contribution in [-0.2, 0) is 15.6 Å². The molecule has 27 heavy (non-hydrogen) atoms. The van der Waals surface area contributed by atoms with E-state index in [9.17, 15) is 8.78 Å². The van der Waals surface area contributed by atoms with Crippen molar-refractivity contribution in [1.29, 1.82) is 0 Å². The van der Waals surface area contributed by atoms with Crippen molar-refractivity contribution in [2.24, 2.45) is 0 Å². The monoisotopic (exact) mass is 502 g/mol. The Morgan fingerprint density at radius 2 is 1.15 bits per heavy atom. The lowest BCUT2D eigenvalue weighted by molar-refractivity contribution is 0.0509. The van der Waals surface area contributed by atoms with Gasteiger partial charge < -0.3 is 4.74 Å².